The predicted octanol–water partition coefficient (Wildman–Crippen LogP) is 3.72. The van der Waals surface area contributed by atoms with Gasteiger partial charge in [-0.2, -0.15) is 0 Å². The van der Waals surface area contributed by atoms with Crippen molar-refractivity contribution >= 4 is 40.9 Å². The first kappa shape index (κ1) is 14.0. The number of hydrogen-bond donors (Lipinski definition) is 1. The Bertz CT molecular complexity index is 453. The van der Waals surface area contributed by atoms with Crippen molar-refractivity contribution in [3.63, 3.8) is 0 Å². The zero-order valence-corrected chi connectivity index (χ0v) is 11.8. The molecular weight excluding hydrogens is 295 g/mol. The van der Waals surface area contributed by atoms with Crippen molar-refractivity contribution in [1.29, 1.82) is 0 Å². The van der Waals surface area contributed by atoms with Crippen LogP contribution in [0.3, 0.4) is 0 Å². The highest BCUT2D eigenvalue weighted by Gasteiger charge is 2.30. The maximum Gasteiger partial charge on any atom is 0.332 e. The minimum atomic E-state index is -0.878. The van der Waals surface area contributed by atoms with Crippen LogP contribution in [0.25, 0.3) is 0 Å². The van der Waals surface area contributed by atoms with E-state index in [0.29, 0.717) is 16.5 Å². The van der Waals surface area contributed by atoms with Gasteiger partial charge in [0.1, 0.15) is 0 Å². The molecule has 1 aromatic carbocycles. The highest BCUT2D eigenvalue weighted by molar-refractivity contribution is 7.99. The van der Waals surface area contributed by atoms with E-state index in [2.05, 4.69) is 0 Å². The molecule has 0 aliphatic carbocycles. The van der Waals surface area contributed by atoms with Crippen molar-refractivity contribution < 1.29 is 14.6 Å². The van der Waals surface area contributed by atoms with Crippen LogP contribution in [-0.2, 0) is 9.53 Å². The van der Waals surface area contributed by atoms with Gasteiger partial charge in [-0.3, -0.25) is 0 Å². The molecular formula is C12H12Cl2O3S. The summed E-state index contributed by atoms with van der Waals surface area (Å²) in [4.78, 5) is 11.7. The molecule has 3 nitrogen and oxygen atoms in total. The Morgan fingerprint density at radius 1 is 1.39 bits per heavy atom. The number of thioether (sulfide) groups is 1. The normalized spacial score (nSPS) is 23.2. The first-order valence-electron chi connectivity index (χ1n) is 5.52. The fraction of sp³-hybridized carbons (Fsp3) is 0.417. The molecule has 1 aliphatic heterocycles. The molecule has 0 bridgehead atoms. The van der Waals surface area contributed by atoms with Gasteiger partial charge in [-0.25, -0.2) is 4.79 Å². The molecule has 18 heavy (non-hydrogen) atoms. The average Bonchev–Trinajstić information content (AvgIpc) is 2.79. The molecule has 1 aliphatic rings. The Morgan fingerprint density at radius 3 is 2.78 bits per heavy atom. The predicted molar refractivity (Wildman–Crippen MR) is 72.7 cm³/mol. The molecule has 1 fully saturated rings. The summed E-state index contributed by atoms with van der Waals surface area (Å²) in [5.74, 6) is -0.154. The number of benzene rings is 1. The van der Waals surface area contributed by atoms with Crippen LogP contribution in [0.2, 0.25) is 10.0 Å². The Hall–Kier alpha value is -0.420. The molecule has 1 saturated heterocycles. The molecule has 0 saturated carbocycles. The third-order valence-corrected chi connectivity index (χ3v) is 4.57. The Balaban J connectivity index is 1.85. The lowest BCUT2D eigenvalue weighted by molar-refractivity contribution is -0.148. The molecule has 0 spiro atoms. The number of halogens is 2. The second-order valence-corrected chi connectivity index (χ2v) is 5.96. The van der Waals surface area contributed by atoms with Gasteiger partial charge in [-0.05, 0) is 31.0 Å². The van der Waals surface area contributed by atoms with Gasteiger partial charge in [-0.1, -0.05) is 23.2 Å². The van der Waals surface area contributed by atoms with Crippen molar-refractivity contribution in [2.24, 2.45) is 0 Å². The molecule has 1 heterocycles. The number of rotatable bonds is 4. The van der Waals surface area contributed by atoms with Gasteiger partial charge < -0.3 is 9.84 Å². The summed E-state index contributed by atoms with van der Waals surface area (Å²) in [6.45, 7) is 0. The van der Waals surface area contributed by atoms with Crippen LogP contribution >= 0.6 is 35.0 Å². The van der Waals surface area contributed by atoms with Crippen molar-refractivity contribution in [3.05, 3.63) is 28.2 Å². The molecule has 2 rings (SSSR count). The smallest absolute Gasteiger partial charge is 0.332 e. The van der Waals surface area contributed by atoms with E-state index in [1.807, 2.05) is 6.07 Å². The van der Waals surface area contributed by atoms with Gasteiger partial charge in [0.05, 0.1) is 16.1 Å². The van der Waals surface area contributed by atoms with Crippen molar-refractivity contribution in [1.82, 2.24) is 0 Å². The maximum atomic E-state index is 10.7. The molecule has 6 heteroatoms. The quantitative estimate of drug-likeness (QED) is 0.861. The zero-order chi connectivity index (χ0) is 13.1. The van der Waals surface area contributed by atoms with Gasteiger partial charge in [-0.15, -0.1) is 11.8 Å². The van der Waals surface area contributed by atoms with E-state index in [0.717, 1.165) is 17.1 Å². The van der Waals surface area contributed by atoms with Crippen LogP contribution in [0.4, 0.5) is 0 Å². The lowest BCUT2D eigenvalue weighted by atomic mass is 10.2. The van der Waals surface area contributed by atoms with Gasteiger partial charge in [0, 0.05) is 10.6 Å². The molecule has 0 radical (unpaired) electrons. The number of hydrogen-bond acceptors (Lipinski definition) is 3. The fourth-order valence-corrected chi connectivity index (χ4v) is 3.12. The first-order valence-corrected chi connectivity index (χ1v) is 7.26. The Kier molecular flexibility index (Phi) is 4.78. The molecule has 2 atom stereocenters. The Morgan fingerprint density at radius 2 is 2.17 bits per heavy atom. The third-order valence-electron chi connectivity index (χ3n) is 2.71. The summed E-state index contributed by atoms with van der Waals surface area (Å²) >= 11 is 13.3. The molecule has 1 N–H and O–H groups in total. The topological polar surface area (TPSA) is 46.5 Å². The Labute approximate surface area is 119 Å². The summed E-state index contributed by atoms with van der Waals surface area (Å²) in [6.07, 6.45) is 0.711. The van der Waals surface area contributed by atoms with E-state index in [1.54, 1.807) is 23.9 Å². The van der Waals surface area contributed by atoms with Gasteiger partial charge in [0.2, 0.25) is 0 Å². The molecule has 98 valence electrons. The standard InChI is InChI=1S/C12H12Cl2O3S/c13-9-3-2-8(5-10(9)14)18-6-7-1-4-11(17-7)12(15)16/h2-3,5,7,11H,1,4,6H2,(H,15,16). The van der Waals surface area contributed by atoms with Crippen LogP contribution in [0.1, 0.15) is 12.8 Å². The summed E-state index contributed by atoms with van der Waals surface area (Å²) < 4.78 is 5.42. The van der Waals surface area contributed by atoms with E-state index < -0.39 is 12.1 Å². The molecule has 0 amide bonds. The van der Waals surface area contributed by atoms with Gasteiger partial charge in [0.25, 0.3) is 0 Å². The van der Waals surface area contributed by atoms with Crippen LogP contribution in [-0.4, -0.2) is 29.0 Å². The monoisotopic (exact) mass is 306 g/mol. The number of carboxylic acid groups (broad SMARTS) is 1. The van der Waals surface area contributed by atoms with Crippen LogP contribution in [0.15, 0.2) is 23.1 Å². The summed E-state index contributed by atoms with van der Waals surface area (Å²) in [5.41, 5.74) is 0. The first-order chi connectivity index (χ1) is 8.56. The second-order valence-electron chi connectivity index (χ2n) is 4.05. The minimum Gasteiger partial charge on any atom is -0.479 e. The number of aliphatic carboxylic acids is 1. The molecule has 0 aromatic heterocycles. The maximum absolute atomic E-state index is 10.7. The van der Waals surface area contributed by atoms with E-state index >= 15 is 0 Å². The highest BCUT2D eigenvalue weighted by atomic mass is 35.5. The SMILES string of the molecule is O=C(O)C1CCC(CSc2ccc(Cl)c(Cl)c2)O1. The van der Waals surface area contributed by atoms with Gasteiger partial charge >= 0.3 is 5.97 Å². The van der Waals surface area contributed by atoms with Crippen LogP contribution < -0.4 is 0 Å². The molecule has 1 aromatic rings. The minimum absolute atomic E-state index is 0.00875. The van der Waals surface area contributed by atoms with Crippen molar-refractivity contribution in [3.8, 4) is 0 Å². The number of carboxylic acids is 1. The summed E-state index contributed by atoms with van der Waals surface area (Å²) in [7, 11) is 0. The highest BCUT2D eigenvalue weighted by Crippen LogP contribution is 2.30. The van der Waals surface area contributed by atoms with Gasteiger partial charge in [0.15, 0.2) is 6.10 Å². The van der Waals surface area contributed by atoms with Crippen LogP contribution in [0, 0.1) is 0 Å². The summed E-state index contributed by atoms with van der Waals surface area (Å²) in [5, 5.41) is 9.88. The molecule has 2 unspecified atom stereocenters. The number of carbonyl (C=O) groups is 1. The van der Waals surface area contributed by atoms with E-state index in [-0.39, 0.29) is 6.10 Å². The lowest BCUT2D eigenvalue weighted by Crippen LogP contribution is -2.21. The number of ether oxygens (including phenoxy) is 1. The fourth-order valence-electron chi connectivity index (χ4n) is 1.77. The average molecular weight is 307 g/mol. The zero-order valence-electron chi connectivity index (χ0n) is 9.44. The van der Waals surface area contributed by atoms with Crippen molar-refractivity contribution in [2.75, 3.05) is 5.75 Å². The summed E-state index contributed by atoms with van der Waals surface area (Å²) in [6, 6.07) is 5.45. The van der Waals surface area contributed by atoms with Crippen LogP contribution in [0.5, 0.6) is 0 Å². The van der Waals surface area contributed by atoms with E-state index in [9.17, 15) is 4.79 Å². The second kappa shape index (κ2) is 6.15. The lowest BCUT2D eigenvalue weighted by Gasteiger charge is -2.11. The van der Waals surface area contributed by atoms with E-state index in [4.69, 9.17) is 33.0 Å². The van der Waals surface area contributed by atoms with E-state index in [1.165, 1.54) is 0 Å². The largest absolute Gasteiger partial charge is 0.479 e. The van der Waals surface area contributed by atoms with Crippen molar-refractivity contribution in [2.45, 2.75) is 29.9 Å². The third kappa shape index (κ3) is 3.54.